The van der Waals surface area contributed by atoms with Crippen LogP contribution in [0.2, 0.25) is 0 Å². The second-order valence-electron chi connectivity index (χ2n) is 5.63. The number of methoxy groups -OCH3 is 1. The Labute approximate surface area is 106 Å². The molecule has 1 heterocycles. The van der Waals surface area contributed by atoms with E-state index >= 15 is 0 Å². The van der Waals surface area contributed by atoms with E-state index in [2.05, 4.69) is 17.1 Å². The van der Waals surface area contributed by atoms with Gasteiger partial charge in [0.15, 0.2) is 0 Å². The molecule has 0 amide bonds. The van der Waals surface area contributed by atoms with E-state index in [1.807, 2.05) is 7.11 Å². The molecule has 0 aromatic rings. The molecule has 0 bridgehead atoms. The molecular formula is C14H28N2O. The van der Waals surface area contributed by atoms with Crippen molar-refractivity contribution in [2.45, 2.75) is 51.2 Å². The third-order valence-corrected chi connectivity index (χ3v) is 4.17. The van der Waals surface area contributed by atoms with E-state index in [9.17, 15) is 0 Å². The molecule has 1 saturated heterocycles. The maximum absolute atomic E-state index is 5.43. The molecular weight excluding hydrogens is 212 g/mol. The van der Waals surface area contributed by atoms with E-state index in [-0.39, 0.29) is 0 Å². The molecule has 2 aliphatic rings. The van der Waals surface area contributed by atoms with Crippen LogP contribution in [0.1, 0.15) is 39.0 Å². The van der Waals surface area contributed by atoms with Crippen LogP contribution < -0.4 is 5.32 Å². The molecule has 0 aromatic carbocycles. The summed E-state index contributed by atoms with van der Waals surface area (Å²) in [7, 11) is 1.84. The number of hydrogen-bond donors (Lipinski definition) is 1. The summed E-state index contributed by atoms with van der Waals surface area (Å²) in [6, 6.07) is 0.744. The number of hydrogen-bond acceptors (Lipinski definition) is 3. The minimum Gasteiger partial charge on any atom is -0.381 e. The fourth-order valence-electron chi connectivity index (χ4n) is 2.81. The van der Waals surface area contributed by atoms with E-state index in [4.69, 9.17) is 4.74 Å². The number of nitrogens with one attached hydrogen (secondary N) is 1. The third-order valence-electron chi connectivity index (χ3n) is 4.17. The van der Waals surface area contributed by atoms with Gasteiger partial charge in [-0.05, 0) is 44.6 Å². The van der Waals surface area contributed by atoms with Gasteiger partial charge >= 0.3 is 0 Å². The molecule has 1 aliphatic carbocycles. The lowest BCUT2D eigenvalue weighted by atomic mass is 10.1. The highest BCUT2D eigenvalue weighted by Gasteiger charge is 2.32. The van der Waals surface area contributed by atoms with Crippen LogP contribution in [0.3, 0.4) is 0 Å². The quantitative estimate of drug-likeness (QED) is 0.735. The zero-order valence-corrected chi connectivity index (χ0v) is 11.5. The number of ether oxygens (including phenoxy) is 1. The van der Waals surface area contributed by atoms with Crippen molar-refractivity contribution < 1.29 is 4.74 Å². The van der Waals surface area contributed by atoms with Gasteiger partial charge in [0.2, 0.25) is 0 Å². The maximum atomic E-state index is 5.43. The van der Waals surface area contributed by atoms with Crippen molar-refractivity contribution in [3.8, 4) is 0 Å². The van der Waals surface area contributed by atoms with Crippen LogP contribution in [0.15, 0.2) is 0 Å². The monoisotopic (exact) mass is 240 g/mol. The lowest BCUT2D eigenvalue weighted by Gasteiger charge is -2.34. The maximum Gasteiger partial charge on any atom is 0.0595 e. The number of rotatable bonds is 7. The lowest BCUT2D eigenvalue weighted by molar-refractivity contribution is 0.0376. The molecule has 1 saturated carbocycles. The molecule has 3 heteroatoms. The summed E-state index contributed by atoms with van der Waals surface area (Å²) in [5, 5.41) is 3.73. The number of piperidine rings is 1. The van der Waals surface area contributed by atoms with Crippen LogP contribution in [-0.2, 0) is 4.74 Å². The first-order valence-corrected chi connectivity index (χ1v) is 7.32. The van der Waals surface area contributed by atoms with Gasteiger partial charge in [-0.15, -0.1) is 0 Å². The smallest absolute Gasteiger partial charge is 0.0595 e. The Morgan fingerprint density at radius 1 is 1.24 bits per heavy atom. The molecule has 2 fully saturated rings. The van der Waals surface area contributed by atoms with Crippen LogP contribution in [0.25, 0.3) is 0 Å². The summed E-state index contributed by atoms with van der Waals surface area (Å²) in [6.45, 7) is 7.11. The van der Waals surface area contributed by atoms with Gasteiger partial charge in [0.05, 0.1) is 6.10 Å². The van der Waals surface area contributed by atoms with Crippen molar-refractivity contribution in [3.63, 3.8) is 0 Å². The first kappa shape index (κ1) is 13.3. The second kappa shape index (κ2) is 6.72. The predicted octanol–water partition coefficient (Wildman–Crippen LogP) is 1.88. The van der Waals surface area contributed by atoms with Crippen molar-refractivity contribution in [1.82, 2.24) is 10.2 Å². The summed E-state index contributed by atoms with van der Waals surface area (Å²) >= 11 is 0. The van der Waals surface area contributed by atoms with E-state index in [1.54, 1.807) is 0 Å². The van der Waals surface area contributed by atoms with Crippen molar-refractivity contribution >= 4 is 0 Å². The van der Waals surface area contributed by atoms with Crippen LogP contribution >= 0.6 is 0 Å². The summed E-state index contributed by atoms with van der Waals surface area (Å²) < 4.78 is 5.43. The molecule has 1 unspecified atom stereocenters. The molecule has 0 spiro atoms. The van der Waals surface area contributed by atoms with E-state index in [1.165, 1.54) is 58.3 Å². The molecule has 0 aromatic heterocycles. The third kappa shape index (κ3) is 4.23. The van der Waals surface area contributed by atoms with E-state index in [0.29, 0.717) is 6.10 Å². The topological polar surface area (TPSA) is 24.5 Å². The summed E-state index contributed by atoms with van der Waals surface area (Å²) in [5.74, 6) is 0.960. The highest BCUT2D eigenvalue weighted by Crippen LogP contribution is 2.33. The Bertz CT molecular complexity index is 210. The number of nitrogens with zero attached hydrogens (tertiary/aromatic N) is 1. The highest BCUT2D eigenvalue weighted by atomic mass is 16.5. The average molecular weight is 240 g/mol. The van der Waals surface area contributed by atoms with Crippen LogP contribution in [0, 0.1) is 5.92 Å². The SMILES string of the molecule is CCCNC(CN1CCC(OC)CC1)C1CC1. The summed E-state index contributed by atoms with van der Waals surface area (Å²) in [4.78, 5) is 2.63. The van der Waals surface area contributed by atoms with Crippen molar-refractivity contribution in [2.75, 3.05) is 33.3 Å². The molecule has 100 valence electrons. The molecule has 3 nitrogen and oxygen atoms in total. The minimum absolute atomic E-state index is 0.509. The largest absolute Gasteiger partial charge is 0.381 e. The molecule has 2 rings (SSSR count). The Balaban J connectivity index is 1.70. The Kier molecular flexibility index (Phi) is 5.26. The van der Waals surface area contributed by atoms with E-state index in [0.717, 1.165) is 12.0 Å². The summed E-state index contributed by atoms with van der Waals surface area (Å²) in [5.41, 5.74) is 0. The van der Waals surface area contributed by atoms with Gasteiger partial charge < -0.3 is 15.0 Å². The van der Waals surface area contributed by atoms with Gasteiger partial charge in [0, 0.05) is 32.8 Å². The Hall–Kier alpha value is -0.120. The van der Waals surface area contributed by atoms with Gasteiger partial charge in [0.25, 0.3) is 0 Å². The van der Waals surface area contributed by atoms with Gasteiger partial charge in [-0.25, -0.2) is 0 Å². The Morgan fingerprint density at radius 2 is 1.94 bits per heavy atom. The highest BCUT2D eigenvalue weighted by molar-refractivity contribution is 4.89. The molecule has 0 radical (unpaired) electrons. The predicted molar refractivity (Wildman–Crippen MR) is 71.3 cm³/mol. The van der Waals surface area contributed by atoms with Crippen molar-refractivity contribution in [3.05, 3.63) is 0 Å². The Morgan fingerprint density at radius 3 is 2.47 bits per heavy atom. The molecule has 1 N–H and O–H groups in total. The molecule has 17 heavy (non-hydrogen) atoms. The fraction of sp³-hybridized carbons (Fsp3) is 1.00. The van der Waals surface area contributed by atoms with Gasteiger partial charge in [-0.2, -0.15) is 0 Å². The van der Waals surface area contributed by atoms with E-state index < -0.39 is 0 Å². The van der Waals surface area contributed by atoms with Crippen LogP contribution in [-0.4, -0.2) is 50.3 Å². The van der Waals surface area contributed by atoms with Gasteiger partial charge in [0.1, 0.15) is 0 Å². The first-order valence-electron chi connectivity index (χ1n) is 7.32. The second-order valence-corrected chi connectivity index (χ2v) is 5.63. The molecule has 1 aliphatic heterocycles. The van der Waals surface area contributed by atoms with Crippen LogP contribution in [0.4, 0.5) is 0 Å². The first-order chi connectivity index (χ1) is 8.33. The van der Waals surface area contributed by atoms with Gasteiger partial charge in [-0.1, -0.05) is 6.92 Å². The standard InChI is InChI=1S/C14H28N2O/c1-3-8-15-14(12-4-5-12)11-16-9-6-13(17-2)7-10-16/h12-15H,3-11H2,1-2H3. The summed E-state index contributed by atoms with van der Waals surface area (Å²) in [6.07, 6.45) is 7.05. The zero-order valence-electron chi connectivity index (χ0n) is 11.5. The lowest BCUT2D eigenvalue weighted by Crippen LogP contribution is -2.46. The molecule has 1 atom stereocenters. The van der Waals surface area contributed by atoms with Gasteiger partial charge in [-0.3, -0.25) is 0 Å². The average Bonchev–Trinajstić information content (AvgIpc) is 3.19. The minimum atomic E-state index is 0.509. The van der Waals surface area contributed by atoms with Crippen molar-refractivity contribution in [2.24, 2.45) is 5.92 Å². The normalized spacial score (nSPS) is 25.1. The number of likely N-dealkylation sites (tertiary alicyclic amines) is 1. The van der Waals surface area contributed by atoms with Crippen LogP contribution in [0.5, 0.6) is 0 Å². The van der Waals surface area contributed by atoms with Crippen molar-refractivity contribution in [1.29, 1.82) is 0 Å². The zero-order chi connectivity index (χ0) is 12.1. The fourth-order valence-corrected chi connectivity index (χ4v) is 2.81.